The Bertz CT molecular complexity index is 852. The van der Waals surface area contributed by atoms with Gasteiger partial charge in [0.05, 0.1) is 5.56 Å². The molecule has 146 valence electrons. The molecule has 3 aliphatic rings. The molecule has 0 radical (unpaired) electrons. The first-order valence-corrected chi connectivity index (χ1v) is 9.71. The van der Waals surface area contributed by atoms with Crippen molar-refractivity contribution in [1.29, 1.82) is 0 Å². The molecule has 5 rings (SSSR count). The largest absolute Gasteiger partial charge is 0.440 e. The number of hydrogen-bond donors (Lipinski definition) is 1. The van der Waals surface area contributed by atoms with Crippen LogP contribution in [-0.2, 0) is 0 Å². The maximum atomic E-state index is 14.0. The maximum absolute atomic E-state index is 14.0. The van der Waals surface area contributed by atoms with E-state index in [1.165, 1.54) is 31.4 Å². The van der Waals surface area contributed by atoms with E-state index in [-0.39, 0.29) is 24.4 Å². The minimum Gasteiger partial charge on any atom is -0.440 e. The van der Waals surface area contributed by atoms with Crippen molar-refractivity contribution in [3.05, 3.63) is 29.4 Å². The molecule has 2 bridgehead atoms. The lowest BCUT2D eigenvalue weighted by atomic mass is 9.82. The quantitative estimate of drug-likeness (QED) is 0.855. The van der Waals surface area contributed by atoms with Crippen molar-refractivity contribution >= 4 is 29.4 Å². The fourth-order valence-electron chi connectivity index (χ4n) is 4.69. The predicted octanol–water partition coefficient (Wildman–Crippen LogP) is 4.01. The van der Waals surface area contributed by atoms with Crippen molar-refractivity contribution in [2.45, 2.75) is 69.0 Å². The minimum atomic E-state index is -0.457. The highest BCUT2D eigenvalue weighted by Crippen LogP contribution is 2.41. The van der Waals surface area contributed by atoms with E-state index in [2.05, 4.69) is 22.2 Å². The summed E-state index contributed by atoms with van der Waals surface area (Å²) in [7, 11) is 2.19. The first-order valence-electron chi connectivity index (χ1n) is 9.71. The summed E-state index contributed by atoms with van der Waals surface area (Å²) in [6, 6.07) is 3.82. The van der Waals surface area contributed by atoms with E-state index >= 15 is 0 Å². The number of piperidine rings is 2. The van der Waals surface area contributed by atoms with Crippen LogP contribution in [0.25, 0.3) is 11.1 Å². The van der Waals surface area contributed by atoms with Gasteiger partial charge in [-0.2, -0.15) is 0 Å². The first-order chi connectivity index (χ1) is 12.6. The molecule has 2 aliphatic heterocycles. The molecular formula is C20H25ClFN3O2. The summed E-state index contributed by atoms with van der Waals surface area (Å²) in [5.41, 5.74) is 1.15. The third kappa shape index (κ3) is 3.45. The summed E-state index contributed by atoms with van der Waals surface area (Å²) in [6.45, 7) is 0. The lowest BCUT2D eigenvalue weighted by molar-refractivity contribution is 0.0463. The van der Waals surface area contributed by atoms with Gasteiger partial charge < -0.3 is 14.6 Å². The summed E-state index contributed by atoms with van der Waals surface area (Å²) in [4.78, 5) is 19.9. The summed E-state index contributed by atoms with van der Waals surface area (Å²) < 4.78 is 19.7. The Morgan fingerprint density at radius 1 is 1.22 bits per heavy atom. The Kier molecular flexibility index (Phi) is 4.89. The average Bonchev–Trinajstić information content (AvgIpc) is 3.35. The van der Waals surface area contributed by atoms with E-state index in [0.717, 1.165) is 25.7 Å². The van der Waals surface area contributed by atoms with Crippen molar-refractivity contribution in [2.24, 2.45) is 0 Å². The van der Waals surface area contributed by atoms with E-state index in [1.54, 1.807) is 0 Å². The third-order valence-electron chi connectivity index (χ3n) is 6.32. The fraction of sp³-hybridized carbons (Fsp3) is 0.600. The Hall–Kier alpha value is -1.66. The number of rotatable bonds is 3. The van der Waals surface area contributed by atoms with Gasteiger partial charge in [0, 0.05) is 30.1 Å². The minimum absolute atomic E-state index is 0. The molecule has 5 nitrogen and oxygen atoms in total. The molecule has 2 aromatic rings. The van der Waals surface area contributed by atoms with Gasteiger partial charge in [0.1, 0.15) is 11.3 Å². The van der Waals surface area contributed by atoms with E-state index in [4.69, 9.17) is 4.42 Å². The molecule has 1 amide bonds. The molecule has 1 N–H and O–H groups in total. The van der Waals surface area contributed by atoms with Crippen LogP contribution in [0.2, 0.25) is 0 Å². The zero-order chi connectivity index (χ0) is 17.8. The molecule has 27 heavy (non-hydrogen) atoms. The number of fused-ring (bicyclic) bond motifs is 3. The molecule has 3 fully saturated rings. The number of amides is 1. The molecule has 7 heteroatoms. The van der Waals surface area contributed by atoms with Crippen LogP contribution in [0.1, 0.15) is 67.1 Å². The summed E-state index contributed by atoms with van der Waals surface area (Å²) >= 11 is 0. The van der Waals surface area contributed by atoms with Gasteiger partial charge in [0.15, 0.2) is 11.5 Å². The number of carbonyl (C=O) groups is 1. The highest BCUT2D eigenvalue weighted by Gasteiger charge is 2.37. The molecule has 2 saturated heterocycles. The number of nitrogens with zero attached hydrogens (tertiary/aromatic N) is 2. The molecule has 3 heterocycles. The molecule has 1 saturated carbocycles. The van der Waals surface area contributed by atoms with Crippen LogP contribution in [0.4, 0.5) is 4.39 Å². The average molecular weight is 394 g/mol. The zero-order valence-electron chi connectivity index (χ0n) is 15.4. The fourth-order valence-corrected chi connectivity index (χ4v) is 4.69. The molecule has 1 aliphatic carbocycles. The second kappa shape index (κ2) is 7.06. The molecule has 1 aromatic carbocycles. The second-order valence-electron chi connectivity index (χ2n) is 8.17. The van der Waals surface area contributed by atoms with Crippen LogP contribution >= 0.6 is 12.4 Å². The Morgan fingerprint density at radius 2 is 1.93 bits per heavy atom. The molecule has 2 unspecified atom stereocenters. The molecule has 0 spiro atoms. The highest BCUT2D eigenvalue weighted by molar-refractivity contribution is 6.04. The Balaban J connectivity index is 0.00000180. The van der Waals surface area contributed by atoms with Crippen LogP contribution in [0.15, 0.2) is 16.5 Å². The summed E-state index contributed by atoms with van der Waals surface area (Å²) in [6.07, 6.45) is 7.68. The number of halogens is 2. The van der Waals surface area contributed by atoms with Gasteiger partial charge in [-0.25, -0.2) is 9.37 Å². The number of oxazole rings is 1. The molecule has 2 atom stereocenters. The van der Waals surface area contributed by atoms with Crippen LogP contribution in [0.3, 0.4) is 0 Å². The van der Waals surface area contributed by atoms with Crippen LogP contribution in [0.5, 0.6) is 0 Å². The van der Waals surface area contributed by atoms with Gasteiger partial charge in [-0.05, 0) is 51.6 Å². The van der Waals surface area contributed by atoms with Gasteiger partial charge in [-0.3, -0.25) is 4.79 Å². The summed E-state index contributed by atoms with van der Waals surface area (Å²) in [5.74, 6) is 0.266. The smallest absolute Gasteiger partial charge is 0.253 e. The first kappa shape index (κ1) is 18.7. The van der Waals surface area contributed by atoms with Crippen LogP contribution in [0, 0.1) is 5.82 Å². The van der Waals surface area contributed by atoms with E-state index < -0.39 is 5.82 Å². The van der Waals surface area contributed by atoms with Crippen molar-refractivity contribution in [1.82, 2.24) is 15.2 Å². The van der Waals surface area contributed by atoms with Gasteiger partial charge in [0.2, 0.25) is 0 Å². The highest BCUT2D eigenvalue weighted by atomic mass is 35.5. The SMILES string of the molecule is CN1C2CCCC1CC(NC(=O)c1cc(F)cc3oc(C4CC4)nc13)C2.Cl. The van der Waals surface area contributed by atoms with Gasteiger partial charge >= 0.3 is 0 Å². The van der Waals surface area contributed by atoms with E-state index in [0.29, 0.717) is 40.6 Å². The maximum Gasteiger partial charge on any atom is 0.253 e. The van der Waals surface area contributed by atoms with Crippen LogP contribution in [-0.4, -0.2) is 41.0 Å². The monoisotopic (exact) mass is 393 g/mol. The van der Waals surface area contributed by atoms with Gasteiger partial charge in [-0.15, -0.1) is 12.4 Å². The number of aromatic nitrogens is 1. The van der Waals surface area contributed by atoms with Crippen molar-refractivity contribution in [2.75, 3.05) is 7.05 Å². The van der Waals surface area contributed by atoms with E-state index in [1.807, 2.05) is 0 Å². The number of carbonyl (C=O) groups excluding carboxylic acids is 1. The second-order valence-corrected chi connectivity index (χ2v) is 8.17. The predicted molar refractivity (Wildman–Crippen MR) is 103 cm³/mol. The third-order valence-corrected chi connectivity index (χ3v) is 6.32. The van der Waals surface area contributed by atoms with Crippen molar-refractivity contribution < 1.29 is 13.6 Å². The topological polar surface area (TPSA) is 58.4 Å². The summed E-state index contributed by atoms with van der Waals surface area (Å²) in [5, 5.41) is 3.14. The van der Waals surface area contributed by atoms with Crippen molar-refractivity contribution in [3.8, 4) is 0 Å². The van der Waals surface area contributed by atoms with E-state index in [9.17, 15) is 9.18 Å². The van der Waals surface area contributed by atoms with Crippen LogP contribution < -0.4 is 5.32 Å². The molecular weight excluding hydrogens is 369 g/mol. The normalized spacial score (nSPS) is 28.0. The van der Waals surface area contributed by atoms with Gasteiger partial charge in [0.25, 0.3) is 5.91 Å². The molecule has 1 aromatic heterocycles. The lowest BCUT2D eigenvalue weighted by Crippen LogP contribution is -2.55. The standard InChI is InChI=1S/C20H24FN3O2.ClH/c1-24-14-3-2-4-15(24)10-13(9-14)22-19(25)16-7-12(21)8-17-18(16)23-20(26-17)11-5-6-11;/h7-8,11,13-15H,2-6,9-10H2,1H3,(H,22,25);1H. The number of hydrogen-bond acceptors (Lipinski definition) is 4. The Morgan fingerprint density at radius 3 is 2.59 bits per heavy atom. The number of benzene rings is 1. The Labute approximate surface area is 164 Å². The zero-order valence-corrected chi connectivity index (χ0v) is 16.2. The lowest BCUT2D eigenvalue weighted by Gasteiger charge is -2.47. The van der Waals surface area contributed by atoms with Gasteiger partial charge in [-0.1, -0.05) is 6.42 Å². The van der Waals surface area contributed by atoms with Crippen molar-refractivity contribution in [3.63, 3.8) is 0 Å². The number of nitrogens with one attached hydrogen (secondary N) is 1.